The Bertz CT molecular complexity index is 1250. The number of anilines is 2. The van der Waals surface area contributed by atoms with Crippen LogP contribution in [0.3, 0.4) is 0 Å². The number of halogens is 4. The predicted molar refractivity (Wildman–Crippen MR) is 115 cm³/mol. The number of nitrogens with one attached hydrogen (secondary N) is 3. The van der Waals surface area contributed by atoms with Gasteiger partial charge in [0.05, 0.1) is 24.0 Å². The Hall–Kier alpha value is -3.39. The number of aromatic amines is 1. The Morgan fingerprint density at radius 1 is 1.33 bits per heavy atom. The number of nitrogens with zero attached hydrogens (tertiary/aromatic N) is 3. The first-order chi connectivity index (χ1) is 15.7. The number of rotatable bonds is 8. The molecule has 2 unspecified atom stereocenters. The lowest BCUT2D eigenvalue weighted by molar-refractivity contribution is -0.158. The number of alkyl halides is 3. The number of nitriles is 1. The highest BCUT2D eigenvalue weighted by atomic mass is 19.4. The third-order valence-electron chi connectivity index (χ3n) is 5.72. The van der Waals surface area contributed by atoms with Gasteiger partial charge in [-0.05, 0) is 43.5 Å². The lowest BCUT2D eigenvalue weighted by atomic mass is 10.0. The second kappa shape index (κ2) is 8.86. The number of aromatic nitrogens is 3. The molecule has 0 saturated heterocycles. The molecule has 0 amide bonds. The molecule has 174 valence electrons. The topological polar surface area (TPSA) is 98.5 Å². The summed E-state index contributed by atoms with van der Waals surface area (Å²) in [4.78, 5) is 15.1. The van der Waals surface area contributed by atoms with Crippen LogP contribution >= 0.6 is 0 Å². The number of hydrogen-bond donors (Lipinski definition) is 3. The van der Waals surface area contributed by atoms with Crippen molar-refractivity contribution in [1.82, 2.24) is 20.1 Å². The molecule has 33 heavy (non-hydrogen) atoms. The van der Waals surface area contributed by atoms with Crippen molar-refractivity contribution in [2.75, 3.05) is 11.9 Å². The summed E-state index contributed by atoms with van der Waals surface area (Å²) in [5.74, 6) is -0.620. The van der Waals surface area contributed by atoms with E-state index in [0.717, 1.165) is 25.0 Å². The van der Waals surface area contributed by atoms with Gasteiger partial charge in [0.2, 0.25) is 0 Å². The second-order valence-corrected chi connectivity index (χ2v) is 8.02. The molecule has 1 aliphatic carbocycles. The van der Waals surface area contributed by atoms with Crippen molar-refractivity contribution in [2.24, 2.45) is 5.92 Å². The normalized spacial score (nSPS) is 15.9. The molecule has 3 N–H and O–H groups in total. The van der Waals surface area contributed by atoms with Crippen molar-refractivity contribution in [3.63, 3.8) is 0 Å². The zero-order valence-electron chi connectivity index (χ0n) is 17.7. The van der Waals surface area contributed by atoms with Crippen LogP contribution in [-0.4, -0.2) is 27.5 Å². The van der Waals surface area contributed by atoms with E-state index in [-0.39, 0.29) is 41.8 Å². The summed E-state index contributed by atoms with van der Waals surface area (Å²) < 4.78 is 56.3. The van der Waals surface area contributed by atoms with Crippen LogP contribution in [0.5, 0.6) is 0 Å². The first-order valence-electron chi connectivity index (χ1n) is 10.6. The van der Waals surface area contributed by atoms with Crippen LogP contribution in [-0.2, 0) is 0 Å². The summed E-state index contributed by atoms with van der Waals surface area (Å²) in [6.45, 7) is 1.52. The van der Waals surface area contributed by atoms with Gasteiger partial charge in [0.25, 0.3) is 5.56 Å². The van der Waals surface area contributed by atoms with Crippen LogP contribution in [0, 0.1) is 23.1 Å². The molecule has 1 fully saturated rings. The van der Waals surface area contributed by atoms with E-state index in [1.807, 2.05) is 0 Å². The average Bonchev–Trinajstić information content (AvgIpc) is 3.53. The van der Waals surface area contributed by atoms with Gasteiger partial charge in [-0.15, -0.1) is 0 Å². The van der Waals surface area contributed by atoms with Gasteiger partial charge in [0, 0.05) is 17.4 Å². The van der Waals surface area contributed by atoms with Crippen LogP contribution in [0.2, 0.25) is 0 Å². The minimum Gasteiger partial charge on any atom is -0.338 e. The number of hydrogen-bond acceptors (Lipinski definition) is 5. The Kier molecular flexibility index (Phi) is 6.12. The standard InChI is InChI=1S/C22H22F4N6O/c1-2-28-19(22(24,25)26)14-6-5-13(11-15(14)23)30-20-18-17(8-10-29-21(18)33)32(31-20)16(7-9-27)12-3-4-12/h5-6,8,10-12,16,19,28H,2-4,7H2,1H3,(H,29,33)(H,30,31). The van der Waals surface area contributed by atoms with Gasteiger partial charge in [-0.3, -0.25) is 9.48 Å². The predicted octanol–water partition coefficient (Wildman–Crippen LogP) is 4.68. The number of fused-ring (bicyclic) bond motifs is 1. The van der Waals surface area contributed by atoms with Gasteiger partial charge in [-0.1, -0.05) is 13.0 Å². The quantitative estimate of drug-likeness (QED) is 0.422. The van der Waals surface area contributed by atoms with Gasteiger partial charge in [-0.2, -0.15) is 23.5 Å². The fourth-order valence-corrected chi connectivity index (χ4v) is 4.05. The highest BCUT2D eigenvalue weighted by molar-refractivity contribution is 5.91. The maximum absolute atomic E-state index is 14.7. The van der Waals surface area contributed by atoms with Crippen LogP contribution < -0.4 is 16.2 Å². The summed E-state index contributed by atoms with van der Waals surface area (Å²) in [5.41, 5.74) is -0.276. The van der Waals surface area contributed by atoms with Crippen molar-refractivity contribution < 1.29 is 17.6 Å². The van der Waals surface area contributed by atoms with Gasteiger partial charge >= 0.3 is 6.18 Å². The van der Waals surface area contributed by atoms with Gasteiger partial charge < -0.3 is 15.6 Å². The SMILES string of the molecule is CCNC(c1ccc(Nc2nn(C(CC#N)C3CC3)c3cc[nH]c(=O)c23)cc1F)C(F)(F)F. The van der Waals surface area contributed by atoms with Gasteiger partial charge in [0.1, 0.15) is 17.2 Å². The Labute approximate surface area is 186 Å². The van der Waals surface area contributed by atoms with Crippen LogP contribution in [0.4, 0.5) is 29.1 Å². The van der Waals surface area contributed by atoms with Crippen molar-refractivity contribution in [2.45, 2.75) is 44.4 Å². The zero-order valence-corrected chi connectivity index (χ0v) is 17.7. The fraction of sp³-hybridized carbons (Fsp3) is 0.409. The molecule has 4 rings (SSSR count). The van der Waals surface area contributed by atoms with Crippen LogP contribution in [0.1, 0.15) is 43.8 Å². The van der Waals surface area contributed by atoms with E-state index in [1.165, 1.54) is 19.2 Å². The molecule has 2 aromatic heterocycles. The highest BCUT2D eigenvalue weighted by Gasteiger charge is 2.41. The molecule has 2 heterocycles. The summed E-state index contributed by atoms with van der Waals surface area (Å²) in [5, 5.41) is 19.1. The molecular weight excluding hydrogens is 440 g/mol. The maximum atomic E-state index is 14.7. The lowest BCUT2D eigenvalue weighted by Crippen LogP contribution is -2.34. The van der Waals surface area contributed by atoms with Crippen molar-refractivity contribution >= 4 is 22.4 Å². The molecule has 3 aromatic rings. The highest BCUT2D eigenvalue weighted by Crippen LogP contribution is 2.43. The van der Waals surface area contributed by atoms with E-state index >= 15 is 0 Å². The molecule has 1 saturated carbocycles. The molecule has 1 aromatic carbocycles. The summed E-state index contributed by atoms with van der Waals surface area (Å²) >= 11 is 0. The molecular formula is C22H22F4N6O. The largest absolute Gasteiger partial charge is 0.408 e. The maximum Gasteiger partial charge on any atom is 0.408 e. The monoisotopic (exact) mass is 462 g/mol. The molecule has 0 aliphatic heterocycles. The Morgan fingerprint density at radius 2 is 2.09 bits per heavy atom. The summed E-state index contributed by atoms with van der Waals surface area (Å²) in [6, 6.07) is 4.81. The van der Waals surface area contributed by atoms with E-state index < -0.39 is 29.2 Å². The minimum absolute atomic E-state index is 0.0146. The Morgan fingerprint density at radius 3 is 2.70 bits per heavy atom. The summed E-state index contributed by atoms with van der Waals surface area (Å²) in [6.07, 6.45) is -1.04. The van der Waals surface area contributed by atoms with E-state index in [9.17, 15) is 27.6 Å². The van der Waals surface area contributed by atoms with E-state index in [2.05, 4.69) is 26.8 Å². The zero-order chi connectivity index (χ0) is 23.8. The molecule has 7 nitrogen and oxygen atoms in total. The van der Waals surface area contributed by atoms with Gasteiger partial charge in [-0.25, -0.2) is 4.39 Å². The van der Waals surface area contributed by atoms with Crippen molar-refractivity contribution in [1.29, 1.82) is 5.26 Å². The third kappa shape index (κ3) is 4.57. The third-order valence-corrected chi connectivity index (χ3v) is 5.72. The van der Waals surface area contributed by atoms with Crippen molar-refractivity contribution in [3.05, 3.63) is 52.2 Å². The second-order valence-electron chi connectivity index (χ2n) is 8.02. The number of benzene rings is 1. The average molecular weight is 462 g/mol. The number of pyridine rings is 1. The first kappa shape index (κ1) is 22.8. The van der Waals surface area contributed by atoms with E-state index in [1.54, 1.807) is 10.7 Å². The lowest BCUT2D eigenvalue weighted by Gasteiger charge is -2.22. The van der Waals surface area contributed by atoms with E-state index in [0.29, 0.717) is 5.52 Å². The molecule has 0 radical (unpaired) electrons. The summed E-state index contributed by atoms with van der Waals surface area (Å²) in [7, 11) is 0. The van der Waals surface area contributed by atoms with Crippen molar-refractivity contribution in [3.8, 4) is 6.07 Å². The smallest absolute Gasteiger partial charge is 0.338 e. The van der Waals surface area contributed by atoms with Crippen LogP contribution in [0.25, 0.3) is 10.9 Å². The molecule has 0 spiro atoms. The molecule has 2 atom stereocenters. The molecule has 0 bridgehead atoms. The molecule has 11 heteroatoms. The van der Waals surface area contributed by atoms with E-state index in [4.69, 9.17) is 0 Å². The fourth-order valence-electron chi connectivity index (χ4n) is 4.05. The Balaban J connectivity index is 1.72. The van der Waals surface area contributed by atoms with Gasteiger partial charge in [0.15, 0.2) is 5.82 Å². The number of H-pyrrole nitrogens is 1. The van der Waals surface area contributed by atoms with Crippen LogP contribution in [0.15, 0.2) is 35.3 Å². The molecule has 1 aliphatic rings. The first-order valence-corrected chi connectivity index (χ1v) is 10.6. The minimum atomic E-state index is -4.66.